The maximum atomic E-state index is 11.7. The molecule has 0 aliphatic carbocycles. The zero-order valence-electron chi connectivity index (χ0n) is 10.4. The minimum absolute atomic E-state index is 0.0786. The number of carbonyl (C=O) groups is 1. The summed E-state index contributed by atoms with van der Waals surface area (Å²) in [6.07, 6.45) is -0.421. The number of amides is 1. The van der Waals surface area contributed by atoms with E-state index in [1.807, 2.05) is 18.2 Å². The summed E-state index contributed by atoms with van der Waals surface area (Å²) >= 11 is 0. The largest absolute Gasteiger partial charge is 0.479 e. The Morgan fingerprint density at radius 2 is 2.11 bits per heavy atom. The standard InChI is InChI=1S/C13H17N3O2/c1-9-13(17)15-12-10(3-2-4-11(12)18-9)16-7-5-14-6-8-16/h2-4,9,14H,5-8H2,1H3,(H,15,17). The van der Waals surface area contributed by atoms with Gasteiger partial charge in [-0.2, -0.15) is 0 Å². The second kappa shape index (κ2) is 4.49. The SMILES string of the molecule is CC1Oc2cccc(N3CCNCC3)c2NC1=O. The molecule has 1 amide bonds. The van der Waals surface area contributed by atoms with Gasteiger partial charge in [0.2, 0.25) is 0 Å². The summed E-state index contributed by atoms with van der Waals surface area (Å²) in [5.41, 5.74) is 1.86. The van der Waals surface area contributed by atoms with Gasteiger partial charge in [-0.25, -0.2) is 0 Å². The Labute approximate surface area is 106 Å². The van der Waals surface area contributed by atoms with Crippen LogP contribution in [-0.2, 0) is 4.79 Å². The van der Waals surface area contributed by atoms with E-state index in [1.165, 1.54) is 0 Å². The van der Waals surface area contributed by atoms with Crippen LogP contribution in [-0.4, -0.2) is 38.2 Å². The summed E-state index contributed by atoms with van der Waals surface area (Å²) in [5, 5.41) is 6.27. The highest BCUT2D eigenvalue weighted by molar-refractivity contribution is 6.01. The summed E-state index contributed by atoms with van der Waals surface area (Å²) in [7, 11) is 0. The van der Waals surface area contributed by atoms with E-state index in [1.54, 1.807) is 6.92 Å². The number of hydrogen-bond acceptors (Lipinski definition) is 4. The molecular formula is C13H17N3O2. The van der Waals surface area contributed by atoms with Crippen LogP contribution in [0.4, 0.5) is 11.4 Å². The smallest absolute Gasteiger partial charge is 0.265 e. The molecule has 1 fully saturated rings. The number of ether oxygens (including phenoxy) is 1. The molecular weight excluding hydrogens is 230 g/mol. The lowest BCUT2D eigenvalue weighted by Gasteiger charge is -2.33. The minimum atomic E-state index is -0.421. The van der Waals surface area contributed by atoms with Crippen molar-refractivity contribution in [2.45, 2.75) is 13.0 Å². The van der Waals surface area contributed by atoms with Crippen molar-refractivity contribution in [3.8, 4) is 5.75 Å². The van der Waals surface area contributed by atoms with Gasteiger partial charge in [-0.1, -0.05) is 6.07 Å². The fourth-order valence-corrected chi connectivity index (χ4v) is 2.38. The van der Waals surface area contributed by atoms with Gasteiger partial charge < -0.3 is 20.3 Å². The predicted molar refractivity (Wildman–Crippen MR) is 70.2 cm³/mol. The van der Waals surface area contributed by atoms with Crippen molar-refractivity contribution in [3.05, 3.63) is 18.2 Å². The number of piperazine rings is 1. The van der Waals surface area contributed by atoms with Crippen LogP contribution in [0.3, 0.4) is 0 Å². The Morgan fingerprint density at radius 3 is 2.89 bits per heavy atom. The number of nitrogens with one attached hydrogen (secondary N) is 2. The van der Waals surface area contributed by atoms with Crippen LogP contribution in [0.15, 0.2) is 18.2 Å². The number of anilines is 2. The lowest BCUT2D eigenvalue weighted by molar-refractivity contribution is -0.122. The number of nitrogens with zero attached hydrogens (tertiary/aromatic N) is 1. The van der Waals surface area contributed by atoms with E-state index in [-0.39, 0.29) is 5.91 Å². The molecule has 1 saturated heterocycles. The van der Waals surface area contributed by atoms with E-state index in [0.29, 0.717) is 0 Å². The number of rotatable bonds is 1. The highest BCUT2D eigenvalue weighted by Crippen LogP contribution is 2.38. The predicted octanol–water partition coefficient (Wildman–Crippen LogP) is 0.816. The molecule has 2 heterocycles. The Kier molecular flexibility index (Phi) is 2.83. The third-order valence-corrected chi connectivity index (χ3v) is 3.38. The van der Waals surface area contributed by atoms with Gasteiger partial charge in [0.1, 0.15) is 11.4 Å². The molecule has 5 nitrogen and oxygen atoms in total. The van der Waals surface area contributed by atoms with Crippen LogP contribution >= 0.6 is 0 Å². The van der Waals surface area contributed by atoms with Crippen LogP contribution in [0.5, 0.6) is 5.75 Å². The van der Waals surface area contributed by atoms with Crippen molar-refractivity contribution in [1.29, 1.82) is 0 Å². The van der Waals surface area contributed by atoms with Crippen molar-refractivity contribution < 1.29 is 9.53 Å². The summed E-state index contributed by atoms with van der Waals surface area (Å²) in [5.74, 6) is 0.684. The molecule has 2 N–H and O–H groups in total. The first-order valence-corrected chi connectivity index (χ1v) is 6.32. The average molecular weight is 247 g/mol. The third-order valence-electron chi connectivity index (χ3n) is 3.38. The van der Waals surface area contributed by atoms with Gasteiger partial charge in [0, 0.05) is 26.2 Å². The topological polar surface area (TPSA) is 53.6 Å². The number of para-hydroxylation sites is 1. The normalized spacial score (nSPS) is 23.1. The van der Waals surface area contributed by atoms with Crippen LogP contribution in [0.1, 0.15) is 6.92 Å². The molecule has 1 unspecified atom stereocenters. The van der Waals surface area contributed by atoms with Crippen molar-refractivity contribution in [1.82, 2.24) is 5.32 Å². The molecule has 3 rings (SSSR count). The second-order valence-corrected chi connectivity index (χ2v) is 4.64. The van der Waals surface area contributed by atoms with Gasteiger partial charge in [0.05, 0.1) is 5.69 Å². The highest BCUT2D eigenvalue weighted by atomic mass is 16.5. The van der Waals surface area contributed by atoms with Gasteiger partial charge in [-0.15, -0.1) is 0 Å². The molecule has 1 atom stereocenters. The van der Waals surface area contributed by atoms with Crippen molar-refractivity contribution >= 4 is 17.3 Å². The molecule has 0 saturated carbocycles. The molecule has 0 aromatic heterocycles. The van der Waals surface area contributed by atoms with Crippen LogP contribution in [0.25, 0.3) is 0 Å². The van der Waals surface area contributed by atoms with Crippen molar-refractivity contribution in [3.63, 3.8) is 0 Å². The van der Waals surface area contributed by atoms with Gasteiger partial charge in [-0.05, 0) is 19.1 Å². The molecule has 0 bridgehead atoms. The van der Waals surface area contributed by atoms with E-state index in [2.05, 4.69) is 15.5 Å². The van der Waals surface area contributed by atoms with Gasteiger partial charge in [-0.3, -0.25) is 4.79 Å². The first kappa shape index (κ1) is 11.3. The summed E-state index contributed by atoms with van der Waals surface area (Å²) in [4.78, 5) is 14.0. The molecule has 18 heavy (non-hydrogen) atoms. The first-order valence-electron chi connectivity index (χ1n) is 6.32. The summed E-state index contributed by atoms with van der Waals surface area (Å²) in [6, 6.07) is 5.90. The van der Waals surface area contributed by atoms with E-state index < -0.39 is 6.10 Å². The first-order chi connectivity index (χ1) is 8.75. The van der Waals surface area contributed by atoms with Crippen molar-refractivity contribution in [2.75, 3.05) is 36.4 Å². The van der Waals surface area contributed by atoms with E-state index >= 15 is 0 Å². The fourth-order valence-electron chi connectivity index (χ4n) is 2.38. The monoisotopic (exact) mass is 247 g/mol. The molecule has 1 aromatic rings. The number of benzene rings is 1. The van der Waals surface area contributed by atoms with Gasteiger partial charge >= 0.3 is 0 Å². The fraction of sp³-hybridized carbons (Fsp3) is 0.462. The zero-order valence-corrected chi connectivity index (χ0v) is 10.4. The van der Waals surface area contributed by atoms with E-state index in [4.69, 9.17) is 4.74 Å². The molecule has 0 radical (unpaired) electrons. The molecule has 1 aromatic carbocycles. The number of carbonyl (C=O) groups excluding carboxylic acids is 1. The maximum Gasteiger partial charge on any atom is 0.265 e. The molecule has 0 spiro atoms. The molecule has 2 aliphatic rings. The number of fused-ring (bicyclic) bond motifs is 1. The summed E-state index contributed by atoms with van der Waals surface area (Å²) < 4.78 is 5.62. The molecule has 2 aliphatic heterocycles. The Balaban J connectivity index is 1.96. The Morgan fingerprint density at radius 1 is 1.33 bits per heavy atom. The summed E-state index contributed by atoms with van der Waals surface area (Å²) in [6.45, 7) is 5.59. The lowest BCUT2D eigenvalue weighted by Crippen LogP contribution is -2.44. The van der Waals surface area contributed by atoms with Gasteiger partial charge in [0.15, 0.2) is 6.10 Å². The quantitative estimate of drug-likeness (QED) is 0.771. The van der Waals surface area contributed by atoms with E-state index in [0.717, 1.165) is 43.3 Å². The second-order valence-electron chi connectivity index (χ2n) is 4.64. The van der Waals surface area contributed by atoms with Crippen LogP contribution in [0.2, 0.25) is 0 Å². The molecule has 96 valence electrons. The van der Waals surface area contributed by atoms with Gasteiger partial charge in [0.25, 0.3) is 5.91 Å². The van der Waals surface area contributed by atoms with Crippen LogP contribution in [0, 0.1) is 0 Å². The van der Waals surface area contributed by atoms with Crippen molar-refractivity contribution in [2.24, 2.45) is 0 Å². The lowest BCUT2D eigenvalue weighted by atomic mass is 10.1. The maximum absolute atomic E-state index is 11.7. The van der Waals surface area contributed by atoms with Crippen LogP contribution < -0.4 is 20.3 Å². The number of hydrogen-bond donors (Lipinski definition) is 2. The Bertz CT molecular complexity index is 469. The van der Waals surface area contributed by atoms with E-state index in [9.17, 15) is 4.79 Å². The Hall–Kier alpha value is -1.75. The third kappa shape index (κ3) is 1.90. The average Bonchev–Trinajstić information content (AvgIpc) is 2.40. The zero-order chi connectivity index (χ0) is 12.5. The minimum Gasteiger partial charge on any atom is -0.479 e. The highest BCUT2D eigenvalue weighted by Gasteiger charge is 2.27. The molecule has 5 heteroatoms.